The van der Waals surface area contributed by atoms with Crippen LogP contribution in [0.3, 0.4) is 0 Å². The van der Waals surface area contributed by atoms with Gasteiger partial charge >= 0.3 is 11.9 Å². The largest absolute Gasteiger partial charge is 0.469 e. The van der Waals surface area contributed by atoms with Crippen molar-refractivity contribution in [3.8, 4) is 0 Å². The molecule has 0 saturated carbocycles. The van der Waals surface area contributed by atoms with Gasteiger partial charge in [-0.05, 0) is 25.5 Å². The zero-order chi connectivity index (χ0) is 16.4. The van der Waals surface area contributed by atoms with E-state index in [0.29, 0.717) is 5.57 Å². The van der Waals surface area contributed by atoms with E-state index in [1.165, 1.54) is 14.2 Å². The normalized spacial score (nSPS) is 11.7. The van der Waals surface area contributed by atoms with Crippen LogP contribution < -0.4 is 0 Å². The number of allylic oxidation sites excluding steroid dienone is 5. The first-order chi connectivity index (χ1) is 9.79. The number of hydrogen-bond donors (Lipinski definition) is 0. The first-order valence-electron chi connectivity index (χ1n) is 6.65. The third-order valence-corrected chi connectivity index (χ3v) is 2.92. The highest BCUT2D eigenvalue weighted by molar-refractivity contribution is 5.77. The van der Waals surface area contributed by atoms with Crippen molar-refractivity contribution in [3.05, 3.63) is 35.1 Å². The Morgan fingerprint density at radius 2 is 1.43 bits per heavy atom. The van der Waals surface area contributed by atoms with Crippen molar-refractivity contribution >= 4 is 11.9 Å². The zero-order valence-corrected chi connectivity index (χ0v) is 13.7. The molecule has 0 aliphatic rings. The van der Waals surface area contributed by atoms with E-state index in [0.717, 1.165) is 11.3 Å². The summed E-state index contributed by atoms with van der Waals surface area (Å²) >= 11 is 0. The van der Waals surface area contributed by atoms with Crippen LogP contribution in [0.5, 0.6) is 0 Å². The first-order valence-corrected chi connectivity index (χ1v) is 6.65. The highest BCUT2D eigenvalue weighted by Gasteiger charge is 2.11. The molecule has 0 N–H and O–H groups in total. The van der Waals surface area contributed by atoms with Crippen molar-refractivity contribution < 1.29 is 19.1 Å². The molecule has 0 aliphatic heterocycles. The van der Waals surface area contributed by atoms with Gasteiger partial charge in [0.2, 0.25) is 0 Å². The number of ether oxygens (including phenoxy) is 2. The summed E-state index contributed by atoms with van der Waals surface area (Å²) < 4.78 is 9.27. The van der Waals surface area contributed by atoms with Gasteiger partial charge in [-0.2, -0.15) is 0 Å². The molecule has 0 aromatic rings. The fourth-order valence-corrected chi connectivity index (χ4v) is 1.45. The van der Waals surface area contributed by atoms with Crippen molar-refractivity contribution in [2.24, 2.45) is 0 Å². The number of esters is 2. The van der Waals surface area contributed by atoms with E-state index in [2.05, 4.69) is 9.47 Å². The van der Waals surface area contributed by atoms with E-state index < -0.39 is 0 Å². The van der Waals surface area contributed by atoms with Crippen LogP contribution in [0.1, 0.15) is 26.7 Å². The Bertz CT molecular complexity index is 439. The van der Waals surface area contributed by atoms with Gasteiger partial charge in [0.25, 0.3) is 0 Å². The van der Waals surface area contributed by atoms with Crippen LogP contribution in [0.2, 0.25) is 0 Å². The Labute approximate surface area is 126 Å². The Balaban J connectivity index is 5.11. The number of carbonyl (C=O) groups excluding carboxylic acids is 2. The van der Waals surface area contributed by atoms with Crippen LogP contribution in [0.25, 0.3) is 0 Å². The lowest BCUT2D eigenvalue weighted by atomic mass is 10.1. The molecule has 0 saturated heterocycles. The monoisotopic (exact) mass is 295 g/mol. The van der Waals surface area contributed by atoms with E-state index >= 15 is 0 Å². The maximum absolute atomic E-state index is 11.4. The van der Waals surface area contributed by atoms with Crippen molar-refractivity contribution in [3.63, 3.8) is 0 Å². The van der Waals surface area contributed by atoms with Crippen LogP contribution in [-0.4, -0.2) is 45.2 Å². The molecule has 0 atom stereocenters. The molecule has 0 radical (unpaired) electrons. The molecule has 0 amide bonds. The molecule has 0 fully saturated rings. The van der Waals surface area contributed by atoms with E-state index in [4.69, 9.17) is 0 Å². The predicted molar refractivity (Wildman–Crippen MR) is 82.6 cm³/mol. The maximum atomic E-state index is 11.4. The van der Waals surface area contributed by atoms with Gasteiger partial charge in [-0.1, -0.05) is 17.7 Å². The lowest BCUT2D eigenvalue weighted by molar-refractivity contribution is -0.140. The van der Waals surface area contributed by atoms with E-state index in [9.17, 15) is 9.59 Å². The van der Waals surface area contributed by atoms with Crippen LogP contribution in [0.4, 0.5) is 0 Å². The van der Waals surface area contributed by atoms with Crippen molar-refractivity contribution in [2.75, 3.05) is 28.3 Å². The van der Waals surface area contributed by atoms with Gasteiger partial charge in [-0.25, -0.2) is 0 Å². The smallest absolute Gasteiger partial charge is 0.309 e. The average Bonchev–Trinajstić information content (AvgIpc) is 2.43. The van der Waals surface area contributed by atoms with E-state index in [1.54, 1.807) is 0 Å². The Hall–Kier alpha value is -2.04. The topological polar surface area (TPSA) is 55.8 Å². The Kier molecular flexibility index (Phi) is 8.85. The Morgan fingerprint density at radius 1 is 0.952 bits per heavy atom. The van der Waals surface area contributed by atoms with Crippen LogP contribution >= 0.6 is 0 Å². The third-order valence-electron chi connectivity index (χ3n) is 2.92. The first kappa shape index (κ1) is 19.0. The summed E-state index contributed by atoms with van der Waals surface area (Å²) in [4.78, 5) is 24.7. The molecule has 5 nitrogen and oxygen atoms in total. The molecular formula is C16H25NO4. The van der Waals surface area contributed by atoms with E-state index in [-0.39, 0.29) is 24.8 Å². The number of hydrogen-bond acceptors (Lipinski definition) is 5. The average molecular weight is 295 g/mol. The standard InChI is InChI=1S/C16H25NO4/c1-12(7-8-13(2)17(3)4)9-14(10-15(18)20-5)11-16(19)21-6/h7-9H,10-11H2,1-6H3/b12-7+,13-8+. The zero-order valence-electron chi connectivity index (χ0n) is 13.7. The summed E-state index contributed by atoms with van der Waals surface area (Å²) in [5, 5.41) is 0. The van der Waals surface area contributed by atoms with Gasteiger partial charge in [0, 0.05) is 19.8 Å². The Morgan fingerprint density at radius 3 is 1.81 bits per heavy atom. The summed E-state index contributed by atoms with van der Waals surface area (Å²) in [6.45, 7) is 3.91. The number of rotatable bonds is 7. The number of nitrogens with zero attached hydrogens (tertiary/aromatic N) is 1. The van der Waals surface area contributed by atoms with Crippen molar-refractivity contribution in [1.29, 1.82) is 0 Å². The van der Waals surface area contributed by atoms with Crippen molar-refractivity contribution in [2.45, 2.75) is 26.7 Å². The van der Waals surface area contributed by atoms with Crippen LogP contribution in [-0.2, 0) is 19.1 Å². The van der Waals surface area contributed by atoms with Crippen LogP contribution in [0.15, 0.2) is 35.1 Å². The maximum Gasteiger partial charge on any atom is 0.309 e. The molecule has 0 unspecified atom stereocenters. The number of methoxy groups -OCH3 is 2. The second-order valence-corrected chi connectivity index (χ2v) is 4.92. The highest BCUT2D eigenvalue weighted by Crippen LogP contribution is 2.13. The predicted octanol–water partition coefficient (Wildman–Crippen LogP) is 2.45. The summed E-state index contributed by atoms with van der Waals surface area (Å²) in [5.41, 5.74) is 2.71. The summed E-state index contributed by atoms with van der Waals surface area (Å²) in [6, 6.07) is 0. The van der Waals surface area contributed by atoms with Gasteiger partial charge in [-0.3, -0.25) is 9.59 Å². The molecule has 0 rings (SSSR count). The molecule has 0 aromatic heterocycles. The molecule has 0 bridgehead atoms. The van der Waals surface area contributed by atoms with Gasteiger partial charge in [0.1, 0.15) is 0 Å². The lowest BCUT2D eigenvalue weighted by Gasteiger charge is -2.11. The summed E-state index contributed by atoms with van der Waals surface area (Å²) in [7, 11) is 6.57. The molecular weight excluding hydrogens is 270 g/mol. The minimum absolute atomic E-state index is 0.0765. The SMILES string of the molecule is COC(=O)CC(=C/C(C)=C/C=C(\C)N(C)C)CC(=O)OC. The van der Waals surface area contributed by atoms with Gasteiger partial charge in [0.05, 0.1) is 27.1 Å². The van der Waals surface area contributed by atoms with Gasteiger partial charge in [0.15, 0.2) is 0 Å². The molecule has 0 aromatic carbocycles. The molecule has 21 heavy (non-hydrogen) atoms. The van der Waals surface area contributed by atoms with Crippen LogP contribution in [0, 0.1) is 0 Å². The van der Waals surface area contributed by atoms with Gasteiger partial charge < -0.3 is 14.4 Å². The second kappa shape index (κ2) is 9.80. The quantitative estimate of drug-likeness (QED) is 0.533. The van der Waals surface area contributed by atoms with Gasteiger partial charge in [-0.15, -0.1) is 0 Å². The molecule has 0 heterocycles. The summed E-state index contributed by atoms with van der Waals surface area (Å²) in [6.07, 6.45) is 5.87. The molecule has 5 heteroatoms. The lowest BCUT2D eigenvalue weighted by Crippen LogP contribution is -2.08. The fraction of sp³-hybridized carbons (Fsp3) is 0.500. The molecule has 0 spiro atoms. The molecule has 118 valence electrons. The van der Waals surface area contributed by atoms with E-state index in [1.807, 2.05) is 51.1 Å². The summed E-state index contributed by atoms with van der Waals surface area (Å²) in [5.74, 6) is -0.754. The highest BCUT2D eigenvalue weighted by atomic mass is 16.5. The minimum atomic E-state index is -0.377. The number of carbonyl (C=O) groups is 2. The van der Waals surface area contributed by atoms with Crippen molar-refractivity contribution in [1.82, 2.24) is 4.90 Å². The third kappa shape index (κ3) is 8.68. The second-order valence-electron chi connectivity index (χ2n) is 4.92. The minimum Gasteiger partial charge on any atom is -0.469 e. The molecule has 0 aliphatic carbocycles. The fourth-order valence-electron chi connectivity index (χ4n) is 1.45.